The summed E-state index contributed by atoms with van der Waals surface area (Å²) in [4.78, 5) is 22.2. The van der Waals surface area contributed by atoms with Crippen LogP contribution in [0.5, 0.6) is 0 Å². The largest absolute Gasteiger partial charge is 0.308 e. The Balaban J connectivity index is 1.57. The van der Waals surface area contributed by atoms with Gasteiger partial charge in [0.2, 0.25) is 0 Å². The Morgan fingerprint density at radius 2 is 2.14 bits per heavy atom. The molecule has 0 bridgehead atoms. The molecule has 2 aromatic heterocycles. The molecule has 21 heavy (non-hydrogen) atoms. The first-order chi connectivity index (χ1) is 10.3. The first-order valence-electron chi connectivity index (χ1n) is 8.02. The van der Waals surface area contributed by atoms with Crippen molar-refractivity contribution in [2.24, 2.45) is 5.92 Å². The fraction of sp³-hybridized carbons (Fsp3) is 0.625. The molecular formula is C16H21N3OS. The molecule has 1 saturated heterocycles. The summed E-state index contributed by atoms with van der Waals surface area (Å²) in [6, 6.07) is 2.65. The van der Waals surface area contributed by atoms with E-state index in [1.54, 1.807) is 0 Å². The fourth-order valence-electron chi connectivity index (χ4n) is 4.11. The topological polar surface area (TPSA) is 49.0 Å². The van der Waals surface area contributed by atoms with Crippen LogP contribution in [-0.4, -0.2) is 27.5 Å². The van der Waals surface area contributed by atoms with Crippen LogP contribution in [0.1, 0.15) is 44.3 Å². The van der Waals surface area contributed by atoms with Crippen LogP contribution in [-0.2, 0) is 6.54 Å². The maximum Gasteiger partial charge on any atom is 0.268 e. The first-order valence-corrected chi connectivity index (χ1v) is 8.90. The third kappa shape index (κ3) is 2.53. The highest BCUT2D eigenvalue weighted by molar-refractivity contribution is 7.17. The molecule has 1 saturated carbocycles. The Labute approximate surface area is 128 Å². The number of hydrogen-bond acceptors (Lipinski definition) is 4. The van der Waals surface area contributed by atoms with Gasteiger partial charge < -0.3 is 4.98 Å². The second kappa shape index (κ2) is 5.54. The number of likely N-dealkylation sites (tertiary alicyclic amines) is 1. The SMILES string of the molecule is O=c1[nH]c(CN2CCCC2C2CCCC2)nc2ccsc12. The van der Waals surface area contributed by atoms with Crippen LogP contribution in [0.3, 0.4) is 0 Å². The Morgan fingerprint density at radius 1 is 1.29 bits per heavy atom. The summed E-state index contributed by atoms with van der Waals surface area (Å²) in [7, 11) is 0. The Morgan fingerprint density at radius 3 is 3.00 bits per heavy atom. The van der Waals surface area contributed by atoms with E-state index in [0.717, 1.165) is 35.0 Å². The fourth-order valence-corrected chi connectivity index (χ4v) is 4.84. The smallest absolute Gasteiger partial charge is 0.268 e. The molecule has 0 radical (unpaired) electrons. The third-order valence-corrected chi connectivity index (χ3v) is 5.98. The standard InChI is InChI=1S/C16H21N3OS/c20-16-15-12(7-9-21-15)17-14(18-16)10-19-8-3-6-13(19)11-4-1-2-5-11/h7,9,11,13H,1-6,8,10H2,(H,17,18,20). The van der Waals surface area contributed by atoms with Crippen molar-refractivity contribution in [1.82, 2.24) is 14.9 Å². The van der Waals surface area contributed by atoms with Crippen LogP contribution in [0.2, 0.25) is 0 Å². The van der Waals surface area contributed by atoms with E-state index in [1.165, 1.54) is 49.9 Å². The quantitative estimate of drug-likeness (QED) is 0.947. The summed E-state index contributed by atoms with van der Waals surface area (Å²) in [5, 5.41) is 1.94. The normalized spacial score (nSPS) is 24.3. The predicted octanol–water partition coefficient (Wildman–Crippen LogP) is 3.14. The molecule has 4 nitrogen and oxygen atoms in total. The molecule has 0 spiro atoms. The first kappa shape index (κ1) is 13.5. The minimum absolute atomic E-state index is 0.0154. The predicted molar refractivity (Wildman–Crippen MR) is 85.6 cm³/mol. The number of aromatic amines is 1. The Hall–Kier alpha value is -1.20. The van der Waals surface area contributed by atoms with Crippen molar-refractivity contribution in [1.29, 1.82) is 0 Å². The lowest BCUT2D eigenvalue weighted by Crippen LogP contribution is -2.35. The number of hydrogen-bond donors (Lipinski definition) is 1. The van der Waals surface area contributed by atoms with E-state index in [2.05, 4.69) is 14.9 Å². The molecule has 1 atom stereocenters. The molecule has 4 rings (SSSR count). The minimum atomic E-state index is 0.0154. The second-order valence-corrected chi connectivity index (χ2v) is 7.29. The Bertz CT molecular complexity index is 686. The van der Waals surface area contributed by atoms with Gasteiger partial charge in [-0.15, -0.1) is 11.3 Å². The highest BCUT2D eigenvalue weighted by Crippen LogP contribution is 2.35. The summed E-state index contributed by atoms with van der Waals surface area (Å²) >= 11 is 1.47. The minimum Gasteiger partial charge on any atom is -0.308 e. The van der Waals surface area contributed by atoms with Gasteiger partial charge in [-0.25, -0.2) is 4.98 Å². The molecule has 1 aliphatic carbocycles. The highest BCUT2D eigenvalue weighted by atomic mass is 32.1. The third-order valence-electron chi connectivity index (χ3n) is 5.07. The second-order valence-electron chi connectivity index (χ2n) is 6.37. The lowest BCUT2D eigenvalue weighted by atomic mass is 9.96. The van der Waals surface area contributed by atoms with Crippen LogP contribution in [0.25, 0.3) is 10.2 Å². The number of fused-ring (bicyclic) bond motifs is 1. The van der Waals surface area contributed by atoms with Crippen molar-refractivity contribution in [3.05, 3.63) is 27.6 Å². The molecule has 2 aliphatic rings. The maximum atomic E-state index is 12.1. The van der Waals surface area contributed by atoms with Gasteiger partial charge in [-0.3, -0.25) is 9.69 Å². The van der Waals surface area contributed by atoms with Crippen molar-refractivity contribution >= 4 is 21.6 Å². The highest BCUT2D eigenvalue weighted by Gasteiger charge is 2.33. The van der Waals surface area contributed by atoms with Crippen molar-refractivity contribution in [3.63, 3.8) is 0 Å². The van der Waals surface area contributed by atoms with Gasteiger partial charge in [0.15, 0.2) is 0 Å². The average Bonchev–Trinajstić information content (AvgIpc) is 3.19. The van der Waals surface area contributed by atoms with E-state index in [1.807, 2.05) is 11.4 Å². The van der Waals surface area contributed by atoms with Crippen molar-refractivity contribution in [2.45, 2.75) is 51.1 Å². The molecule has 0 amide bonds. The molecule has 5 heteroatoms. The van der Waals surface area contributed by atoms with E-state index in [0.29, 0.717) is 6.04 Å². The van der Waals surface area contributed by atoms with Crippen LogP contribution in [0.15, 0.2) is 16.2 Å². The molecule has 0 aromatic carbocycles. The van der Waals surface area contributed by atoms with E-state index in [-0.39, 0.29) is 5.56 Å². The van der Waals surface area contributed by atoms with Crippen molar-refractivity contribution < 1.29 is 0 Å². The zero-order chi connectivity index (χ0) is 14.2. The number of aromatic nitrogens is 2. The molecule has 3 heterocycles. The summed E-state index contributed by atoms with van der Waals surface area (Å²) in [6.07, 6.45) is 8.15. The summed E-state index contributed by atoms with van der Waals surface area (Å²) in [6.45, 7) is 1.94. The molecule has 112 valence electrons. The van der Waals surface area contributed by atoms with Crippen LogP contribution in [0, 0.1) is 5.92 Å². The zero-order valence-electron chi connectivity index (χ0n) is 12.2. The monoisotopic (exact) mass is 303 g/mol. The molecule has 1 aliphatic heterocycles. The van der Waals surface area contributed by atoms with E-state index < -0.39 is 0 Å². The van der Waals surface area contributed by atoms with Crippen LogP contribution < -0.4 is 5.56 Å². The van der Waals surface area contributed by atoms with Gasteiger partial charge in [0.1, 0.15) is 10.5 Å². The lowest BCUT2D eigenvalue weighted by molar-refractivity contribution is 0.179. The summed E-state index contributed by atoms with van der Waals surface area (Å²) < 4.78 is 0.743. The van der Waals surface area contributed by atoms with E-state index in [9.17, 15) is 4.79 Å². The molecular weight excluding hydrogens is 282 g/mol. The van der Waals surface area contributed by atoms with Crippen molar-refractivity contribution in [2.75, 3.05) is 6.54 Å². The van der Waals surface area contributed by atoms with E-state index >= 15 is 0 Å². The van der Waals surface area contributed by atoms with Gasteiger partial charge in [-0.05, 0) is 49.6 Å². The number of nitrogens with one attached hydrogen (secondary N) is 1. The Kier molecular flexibility index (Phi) is 3.55. The summed E-state index contributed by atoms with van der Waals surface area (Å²) in [5.41, 5.74) is 0.858. The molecule has 2 aromatic rings. The van der Waals surface area contributed by atoms with Gasteiger partial charge in [-0.1, -0.05) is 12.8 Å². The molecule has 1 N–H and O–H groups in total. The number of thiophene rings is 1. The van der Waals surface area contributed by atoms with Crippen LogP contribution in [0.4, 0.5) is 0 Å². The van der Waals surface area contributed by atoms with Gasteiger partial charge in [0.05, 0.1) is 12.1 Å². The van der Waals surface area contributed by atoms with Gasteiger partial charge in [0, 0.05) is 6.04 Å². The number of nitrogens with zero attached hydrogens (tertiary/aromatic N) is 2. The number of H-pyrrole nitrogens is 1. The van der Waals surface area contributed by atoms with Gasteiger partial charge in [0.25, 0.3) is 5.56 Å². The lowest BCUT2D eigenvalue weighted by Gasteiger charge is -2.28. The maximum absolute atomic E-state index is 12.1. The summed E-state index contributed by atoms with van der Waals surface area (Å²) in [5.74, 6) is 1.69. The van der Waals surface area contributed by atoms with Gasteiger partial charge in [-0.2, -0.15) is 0 Å². The molecule has 1 unspecified atom stereocenters. The van der Waals surface area contributed by atoms with Gasteiger partial charge >= 0.3 is 0 Å². The van der Waals surface area contributed by atoms with Crippen molar-refractivity contribution in [3.8, 4) is 0 Å². The zero-order valence-corrected chi connectivity index (χ0v) is 13.0. The van der Waals surface area contributed by atoms with Crippen LogP contribution >= 0.6 is 11.3 Å². The number of rotatable bonds is 3. The van der Waals surface area contributed by atoms with E-state index in [4.69, 9.17) is 0 Å². The average molecular weight is 303 g/mol. The molecule has 2 fully saturated rings.